The Labute approximate surface area is 104 Å². The van der Waals surface area contributed by atoms with Crippen molar-refractivity contribution in [1.82, 2.24) is 0 Å². The maximum Gasteiger partial charge on any atom is 0.370 e. The summed E-state index contributed by atoms with van der Waals surface area (Å²) in [5.41, 5.74) is -3.16. The highest BCUT2D eigenvalue weighted by atomic mass is 19.3. The Morgan fingerprint density at radius 2 is 1.84 bits per heavy atom. The topological polar surface area (TPSA) is 37.3 Å². The van der Waals surface area contributed by atoms with Crippen molar-refractivity contribution in [2.24, 2.45) is 17.3 Å². The zero-order valence-electron chi connectivity index (χ0n) is 9.42. The van der Waals surface area contributed by atoms with Gasteiger partial charge in [-0.3, -0.25) is 4.79 Å². The van der Waals surface area contributed by atoms with Crippen LogP contribution in [0.5, 0.6) is 0 Å². The molecule has 0 aliphatic heterocycles. The lowest BCUT2D eigenvalue weighted by molar-refractivity contribution is -0.309. The van der Waals surface area contributed by atoms with Crippen LogP contribution in [0.15, 0.2) is 12.2 Å². The van der Waals surface area contributed by atoms with Crippen molar-refractivity contribution in [2.75, 3.05) is 0 Å². The Hall–Kier alpha value is -1.21. The molecular formula is C11H10F6O2. The minimum absolute atomic E-state index is 0.0266. The summed E-state index contributed by atoms with van der Waals surface area (Å²) in [7, 11) is 0. The van der Waals surface area contributed by atoms with Crippen LogP contribution in [0, 0.1) is 17.3 Å². The number of hydrogen-bond donors (Lipinski definition) is 1. The number of allylic oxidation sites excluding steroid dienone is 2. The molecule has 108 valence electrons. The summed E-state index contributed by atoms with van der Waals surface area (Å²) in [6.45, 7) is 0. The molecule has 1 N–H and O–H groups in total. The van der Waals surface area contributed by atoms with Gasteiger partial charge in [0.1, 0.15) is 5.41 Å². The molecule has 2 aliphatic carbocycles. The van der Waals surface area contributed by atoms with E-state index in [0.29, 0.717) is 0 Å². The lowest BCUT2D eigenvalue weighted by Crippen LogP contribution is -2.62. The van der Waals surface area contributed by atoms with Gasteiger partial charge in [0.25, 0.3) is 0 Å². The standard InChI is InChI=1S/C11H10F6O2/c12-7(13)10(14,15)11(16,17)9(8(18)19)4-5-1-2-6(9)3-5/h1-2,5-7H,3-4H2,(H,18,19). The van der Waals surface area contributed by atoms with Crippen molar-refractivity contribution in [3.63, 3.8) is 0 Å². The molecule has 0 aromatic rings. The third-order valence-corrected chi connectivity index (χ3v) is 4.02. The van der Waals surface area contributed by atoms with Gasteiger partial charge >= 0.3 is 24.2 Å². The van der Waals surface area contributed by atoms with Crippen LogP contribution in [-0.2, 0) is 4.79 Å². The Morgan fingerprint density at radius 3 is 2.16 bits per heavy atom. The molecular weight excluding hydrogens is 278 g/mol. The van der Waals surface area contributed by atoms with Crippen molar-refractivity contribution in [3.05, 3.63) is 12.2 Å². The maximum atomic E-state index is 13.9. The second kappa shape index (κ2) is 3.89. The summed E-state index contributed by atoms with van der Waals surface area (Å²) in [6, 6.07) is 0. The molecule has 0 aromatic carbocycles. The number of rotatable bonds is 4. The summed E-state index contributed by atoms with van der Waals surface area (Å²) in [4.78, 5) is 11.1. The summed E-state index contributed by atoms with van der Waals surface area (Å²) in [5.74, 6) is -15.1. The summed E-state index contributed by atoms with van der Waals surface area (Å²) >= 11 is 0. The first-order valence-electron chi connectivity index (χ1n) is 5.53. The summed E-state index contributed by atoms with van der Waals surface area (Å²) < 4.78 is 78.4. The summed E-state index contributed by atoms with van der Waals surface area (Å²) in [6.07, 6.45) is -2.83. The molecule has 0 saturated heterocycles. The quantitative estimate of drug-likeness (QED) is 0.637. The third kappa shape index (κ3) is 1.54. The Morgan fingerprint density at radius 1 is 1.26 bits per heavy atom. The van der Waals surface area contributed by atoms with E-state index in [4.69, 9.17) is 5.11 Å². The highest BCUT2D eigenvalue weighted by Gasteiger charge is 2.79. The van der Waals surface area contributed by atoms with Crippen LogP contribution in [0.25, 0.3) is 0 Å². The van der Waals surface area contributed by atoms with Gasteiger partial charge in [0.05, 0.1) is 0 Å². The number of carboxylic acid groups (broad SMARTS) is 1. The second-order valence-electron chi connectivity index (χ2n) is 4.97. The number of carboxylic acids is 1. The van der Waals surface area contributed by atoms with Gasteiger partial charge in [0.2, 0.25) is 0 Å². The van der Waals surface area contributed by atoms with Crippen molar-refractivity contribution in [3.8, 4) is 0 Å². The first-order valence-corrected chi connectivity index (χ1v) is 5.53. The molecule has 0 radical (unpaired) electrons. The van der Waals surface area contributed by atoms with Crippen molar-refractivity contribution >= 4 is 5.97 Å². The van der Waals surface area contributed by atoms with Gasteiger partial charge < -0.3 is 5.11 Å². The molecule has 3 atom stereocenters. The van der Waals surface area contributed by atoms with Gasteiger partial charge in [0.15, 0.2) is 0 Å². The highest BCUT2D eigenvalue weighted by molar-refractivity contribution is 5.78. The highest BCUT2D eigenvalue weighted by Crippen LogP contribution is 2.63. The van der Waals surface area contributed by atoms with Gasteiger partial charge in [-0.25, -0.2) is 8.78 Å². The fourth-order valence-corrected chi connectivity index (χ4v) is 3.03. The number of carbonyl (C=O) groups is 1. The zero-order valence-corrected chi connectivity index (χ0v) is 9.42. The zero-order chi connectivity index (χ0) is 14.6. The molecule has 1 fully saturated rings. The number of hydrogen-bond acceptors (Lipinski definition) is 1. The molecule has 3 unspecified atom stereocenters. The van der Waals surface area contributed by atoms with Crippen molar-refractivity contribution in [1.29, 1.82) is 0 Å². The van der Waals surface area contributed by atoms with Gasteiger partial charge in [-0.2, -0.15) is 17.6 Å². The minimum atomic E-state index is -5.68. The van der Waals surface area contributed by atoms with E-state index in [1.165, 1.54) is 6.08 Å². The fourth-order valence-electron chi connectivity index (χ4n) is 3.03. The maximum absolute atomic E-state index is 13.9. The predicted molar refractivity (Wildman–Crippen MR) is 51.3 cm³/mol. The Kier molecular flexibility index (Phi) is 2.91. The van der Waals surface area contributed by atoms with Gasteiger partial charge in [-0.15, -0.1) is 0 Å². The monoisotopic (exact) mass is 288 g/mol. The molecule has 0 aromatic heterocycles. The van der Waals surface area contributed by atoms with E-state index in [0.717, 1.165) is 6.08 Å². The van der Waals surface area contributed by atoms with Crippen LogP contribution >= 0.6 is 0 Å². The smallest absolute Gasteiger partial charge is 0.370 e. The van der Waals surface area contributed by atoms with E-state index in [1.807, 2.05) is 0 Å². The molecule has 1 saturated carbocycles. The predicted octanol–water partition coefficient (Wildman–Crippen LogP) is 3.19. The lowest BCUT2D eigenvalue weighted by atomic mass is 9.68. The third-order valence-electron chi connectivity index (χ3n) is 4.02. The van der Waals surface area contributed by atoms with E-state index in [1.54, 1.807) is 0 Å². The molecule has 0 spiro atoms. The fraction of sp³-hybridized carbons (Fsp3) is 0.727. The van der Waals surface area contributed by atoms with Crippen LogP contribution in [0.4, 0.5) is 26.3 Å². The van der Waals surface area contributed by atoms with Crippen LogP contribution in [-0.4, -0.2) is 29.3 Å². The normalized spacial score (nSPS) is 34.3. The lowest BCUT2D eigenvalue weighted by Gasteiger charge is -2.41. The van der Waals surface area contributed by atoms with E-state index in [9.17, 15) is 31.1 Å². The van der Waals surface area contributed by atoms with Gasteiger partial charge in [-0.05, 0) is 24.7 Å². The molecule has 8 heteroatoms. The molecule has 0 amide bonds. The Balaban J connectivity index is 2.52. The van der Waals surface area contributed by atoms with E-state index >= 15 is 0 Å². The summed E-state index contributed by atoms with van der Waals surface area (Å²) in [5, 5.41) is 8.97. The largest absolute Gasteiger partial charge is 0.481 e. The number of alkyl halides is 6. The molecule has 19 heavy (non-hydrogen) atoms. The molecule has 0 heterocycles. The average molecular weight is 288 g/mol. The van der Waals surface area contributed by atoms with Gasteiger partial charge in [-0.1, -0.05) is 12.2 Å². The Bertz CT molecular complexity index is 433. The minimum Gasteiger partial charge on any atom is -0.481 e. The molecule has 2 aliphatic rings. The average Bonchev–Trinajstić information content (AvgIpc) is 2.88. The molecule has 2 nitrogen and oxygen atoms in total. The molecule has 2 rings (SSSR count). The van der Waals surface area contributed by atoms with Crippen LogP contribution in [0.1, 0.15) is 12.8 Å². The van der Waals surface area contributed by atoms with E-state index < -0.39 is 47.9 Å². The first kappa shape index (κ1) is 14.2. The number of fused-ring (bicyclic) bond motifs is 2. The number of aliphatic carboxylic acids is 1. The second-order valence-corrected chi connectivity index (χ2v) is 4.97. The number of halogens is 6. The molecule has 2 bridgehead atoms. The van der Waals surface area contributed by atoms with Crippen LogP contribution in [0.3, 0.4) is 0 Å². The van der Waals surface area contributed by atoms with Crippen molar-refractivity contribution < 1.29 is 36.2 Å². The van der Waals surface area contributed by atoms with E-state index in [-0.39, 0.29) is 6.42 Å². The van der Waals surface area contributed by atoms with Crippen LogP contribution < -0.4 is 0 Å². The van der Waals surface area contributed by atoms with Crippen molar-refractivity contribution in [2.45, 2.75) is 31.1 Å². The SMILES string of the molecule is O=C(O)C1(C(F)(F)C(F)(F)C(F)F)CC2C=CC1C2. The first-order chi connectivity index (χ1) is 8.57. The van der Waals surface area contributed by atoms with Gasteiger partial charge in [0, 0.05) is 0 Å². The van der Waals surface area contributed by atoms with Crippen LogP contribution in [0.2, 0.25) is 0 Å². The van der Waals surface area contributed by atoms with E-state index in [2.05, 4.69) is 0 Å².